The lowest BCUT2D eigenvalue weighted by Crippen LogP contribution is -2.25. The third kappa shape index (κ3) is 3.80. The highest BCUT2D eigenvalue weighted by Crippen LogP contribution is 2.22. The quantitative estimate of drug-likeness (QED) is 0.736. The van der Waals surface area contributed by atoms with E-state index in [1.54, 1.807) is 12.1 Å². The van der Waals surface area contributed by atoms with Crippen LogP contribution in [0.25, 0.3) is 0 Å². The molecule has 0 aromatic heterocycles. The van der Waals surface area contributed by atoms with E-state index in [0.717, 1.165) is 17.6 Å². The number of hydrogen-bond acceptors (Lipinski definition) is 1. The molecule has 2 rings (SSSR count). The van der Waals surface area contributed by atoms with Gasteiger partial charge < -0.3 is 4.90 Å². The fourth-order valence-corrected chi connectivity index (χ4v) is 2.70. The minimum atomic E-state index is -0.195. The van der Waals surface area contributed by atoms with Crippen molar-refractivity contribution >= 4 is 21.6 Å². The molecule has 0 spiro atoms. The van der Waals surface area contributed by atoms with Crippen LogP contribution in [0, 0.1) is 5.82 Å². The Morgan fingerprint density at radius 1 is 1.11 bits per heavy atom. The Labute approximate surface area is 122 Å². The van der Waals surface area contributed by atoms with Crippen molar-refractivity contribution in [3.8, 4) is 0 Å². The fourth-order valence-electron chi connectivity index (χ4n) is 2.12. The molecule has 0 aliphatic carbocycles. The monoisotopic (exact) mass is 321 g/mol. The van der Waals surface area contributed by atoms with Crippen molar-refractivity contribution < 1.29 is 4.39 Å². The van der Waals surface area contributed by atoms with E-state index < -0.39 is 0 Å². The van der Waals surface area contributed by atoms with Crippen molar-refractivity contribution in [2.45, 2.75) is 5.92 Å². The van der Waals surface area contributed by atoms with Crippen molar-refractivity contribution in [2.75, 3.05) is 23.8 Å². The Morgan fingerprint density at radius 3 is 2.47 bits per heavy atom. The molecule has 100 valence electrons. The summed E-state index contributed by atoms with van der Waals surface area (Å²) >= 11 is 3.57. The lowest BCUT2D eigenvalue weighted by molar-refractivity contribution is 0.626. The van der Waals surface area contributed by atoms with Crippen LogP contribution in [0.2, 0.25) is 0 Å². The molecule has 0 saturated carbocycles. The van der Waals surface area contributed by atoms with Gasteiger partial charge in [-0.1, -0.05) is 52.3 Å². The van der Waals surface area contributed by atoms with E-state index >= 15 is 0 Å². The highest BCUT2D eigenvalue weighted by Gasteiger charge is 2.13. The SMILES string of the molecule is CN(CC(CBr)c1ccccc1)c1cccc(F)c1. The molecule has 0 N–H and O–H groups in total. The number of alkyl halides is 1. The van der Waals surface area contributed by atoms with Gasteiger partial charge in [-0.15, -0.1) is 0 Å². The minimum Gasteiger partial charge on any atom is -0.374 e. The summed E-state index contributed by atoms with van der Waals surface area (Å²) in [5, 5.41) is 0.886. The fraction of sp³-hybridized carbons (Fsp3) is 0.250. The van der Waals surface area contributed by atoms with E-state index in [1.807, 2.05) is 31.3 Å². The molecule has 0 radical (unpaired) electrons. The molecular formula is C16H17BrFN. The highest BCUT2D eigenvalue weighted by atomic mass is 79.9. The van der Waals surface area contributed by atoms with Gasteiger partial charge in [-0.25, -0.2) is 4.39 Å². The second-order valence-corrected chi connectivity index (χ2v) is 5.27. The zero-order valence-corrected chi connectivity index (χ0v) is 12.5. The van der Waals surface area contributed by atoms with E-state index in [9.17, 15) is 4.39 Å². The first-order chi connectivity index (χ1) is 9.20. The zero-order chi connectivity index (χ0) is 13.7. The molecule has 1 atom stereocenters. The van der Waals surface area contributed by atoms with Gasteiger partial charge in [0.25, 0.3) is 0 Å². The predicted octanol–water partition coefficient (Wildman–Crippen LogP) is 4.44. The number of rotatable bonds is 5. The predicted molar refractivity (Wildman–Crippen MR) is 82.6 cm³/mol. The first-order valence-electron chi connectivity index (χ1n) is 6.28. The summed E-state index contributed by atoms with van der Waals surface area (Å²) in [6.45, 7) is 0.846. The molecule has 0 bridgehead atoms. The van der Waals surface area contributed by atoms with E-state index in [0.29, 0.717) is 5.92 Å². The largest absolute Gasteiger partial charge is 0.374 e. The average molecular weight is 322 g/mol. The second-order valence-electron chi connectivity index (χ2n) is 4.62. The Bertz CT molecular complexity index is 515. The average Bonchev–Trinajstić information content (AvgIpc) is 2.45. The maximum atomic E-state index is 13.2. The number of halogens is 2. The van der Waals surface area contributed by atoms with Crippen LogP contribution in [0.3, 0.4) is 0 Å². The highest BCUT2D eigenvalue weighted by molar-refractivity contribution is 9.09. The molecule has 0 saturated heterocycles. The van der Waals surface area contributed by atoms with Gasteiger partial charge in [-0.2, -0.15) is 0 Å². The maximum absolute atomic E-state index is 13.2. The molecule has 19 heavy (non-hydrogen) atoms. The molecule has 0 aliphatic rings. The lowest BCUT2D eigenvalue weighted by Gasteiger charge is -2.25. The van der Waals surface area contributed by atoms with Crippen LogP contribution in [0.15, 0.2) is 54.6 Å². The van der Waals surface area contributed by atoms with Crippen LogP contribution in [0.1, 0.15) is 11.5 Å². The van der Waals surface area contributed by atoms with Gasteiger partial charge >= 0.3 is 0 Å². The Balaban J connectivity index is 2.10. The third-order valence-corrected chi connectivity index (χ3v) is 3.98. The lowest BCUT2D eigenvalue weighted by atomic mass is 10.0. The molecule has 2 aromatic rings. The summed E-state index contributed by atoms with van der Waals surface area (Å²) < 4.78 is 13.2. The molecule has 1 nitrogen and oxygen atoms in total. The molecular weight excluding hydrogens is 305 g/mol. The van der Waals surface area contributed by atoms with Crippen LogP contribution in [-0.4, -0.2) is 18.9 Å². The van der Waals surface area contributed by atoms with Crippen molar-refractivity contribution in [1.29, 1.82) is 0 Å². The van der Waals surface area contributed by atoms with Crippen LogP contribution >= 0.6 is 15.9 Å². The van der Waals surface area contributed by atoms with E-state index in [1.165, 1.54) is 11.6 Å². The summed E-state index contributed by atoms with van der Waals surface area (Å²) in [5.74, 6) is 0.189. The van der Waals surface area contributed by atoms with Gasteiger partial charge in [0.1, 0.15) is 5.82 Å². The molecule has 2 aromatic carbocycles. The van der Waals surface area contributed by atoms with Gasteiger partial charge in [0.05, 0.1) is 0 Å². The summed E-state index contributed by atoms with van der Waals surface area (Å²) in [5.41, 5.74) is 2.20. The van der Waals surface area contributed by atoms with Crippen LogP contribution < -0.4 is 4.90 Å². The first-order valence-corrected chi connectivity index (χ1v) is 7.40. The topological polar surface area (TPSA) is 3.24 Å². The number of hydrogen-bond donors (Lipinski definition) is 0. The Morgan fingerprint density at radius 2 is 1.84 bits per heavy atom. The molecule has 0 fully saturated rings. The number of anilines is 1. The first kappa shape index (κ1) is 14.1. The zero-order valence-electron chi connectivity index (χ0n) is 10.9. The molecule has 0 heterocycles. The number of benzene rings is 2. The second kappa shape index (κ2) is 6.71. The standard InChI is InChI=1S/C16H17BrFN/c1-19(16-9-5-8-15(18)10-16)12-14(11-17)13-6-3-2-4-7-13/h2-10,14H,11-12H2,1H3. The Kier molecular flexibility index (Phi) is 4.97. The van der Waals surface area contributed by atoms with Crippen molar-refractivity contribution in [2.24, 2.45) is 0 Å². The van der Waals surface area contributed by atoms with Crippen LogP contribution in [-0.2, 0) is 0 Å². The number of likely N-dealkylation sites (N-methyl/N-ethyl adjacent to an activating group) is 1. The Hall–Kier alpha value is -1.35. The molecule has 0 amide bonds. The van der Waals surface area contributed by atoms with Gasteiger partial charge in [-0.05, 0) is 23.8 Å². The van der Waals surface area contributed by atoms with Gasteiger partial charge in [0.2, 0.25) is 0 Å². The van der Waals surface area contributed by atoms with Crippen molar-refractivity contribution in [3.63, 3.8) is 0 Å². The van der Waals surface area contributed by atoms with Crippen molar-refractivity contribution in [3.05, 3.63) is 66.0 Å². The van der Waals surface area contributed by atoms with Crippen LogP contribution in [0.4, 0.5) is 10.1 Å². The summed E-state index contributed by atoms with van der Waals surface area (Å²) in [6, 6.07) is 17.1. The molecule has 1 unspecified atom stereocenters. The van der Waals surface area contributed by atoms with E-state index in [4.69, 9.17) is 0 Å². The normalized spacial score (nSPS) is 12.2. The summed E-state index contributed by atoms with van der Waals surface area (Å²) in [7, 11) is 1.99. The smallest absolute Gasteiger partial charge is 0.125 e. The molecule has 0 aliphatic heterocycles. The van der Waals surface area contributed by atoms with E-state index in [2.05, 4.69) is 33.0 Å². The maximum Gasteiger partial charge on any atom is 0.125 e. The van der Waals surface area contributed by atoms with Crippen molar-refractivity contribution in [1.82, 2.24) is 0 Å². The van der Waals surface area contributed by atoms with E-state index in [-0.39, 0.29) is 5.82 Å². The number of nitrogens with zero attached hydrogens (tertiary/aromatic N) is 1. The minimum absolute atomic E-state index is 0.195. The molecule has 3 heteroatoms. The van der Waals surface area contributed by atoms with Crippen LogP contribution in [0.5, 0.6) is 0 Å². The van der Waals surface area contributed by atoms with Gasteiger partial charge in [0.15, 0.2) is 0 Å². The van der Waals surface area contributed by atoms with Gasteiger partial charge in [-0.3, -0.25) is 0 Å². The summed E-state index contributed by atoms with van der Waals surface area (Å²) in [4.78, 5) is 2.09. The summed E-state index contributed by atoms with van der Waals surface area (Å²) in [6.07, 6.45) is 0. The van der Waals surface area contributed by atoms with Gasteiger partial charge in [0, 0.05) is 30.5 Å². The third-order valence-electron chi connectivity index (χ3n) is 3.20.